The van der Waals surface area contributed by atoms with E-state index in [1.54, 1.807) is 33.3 Å². The van der Waals surface area contributed by atoms with Gasteiger partial charge >= 0.3 is 26.2 Å². The summed E-state index contributed by atoms with van der Waals surface area (Å²) < 4.78 is 108. The van der Waals surface area contributed by atoms with Gasteiger partial charge in [0.15, 0.2) is 5.12 Å². The second-order valence-corrected chi connectivity index (χ2v) is 27.8. The number of esters is 3. The van der Waals surface area contributed by atoms with Gasteiger partial charge in [-0.1, -0.05) is 32.5 Å². The fraction of sp³-hybridized carbons (Fsp3) is 0.935. The highest BCUT2D eigenvalue weighted by Crippen LogP contribution is 2.39. The lowest BCUT2D eigenvalue weighted by Gasteiger charge is -2.22. The molecule has 0 aromatic heterocycles. The van der Waals surface area contributed by atoms with Crippen LogP contribution in [0.3, 0.4) is 0 Å². The molecule has 6 aliphatic heterocycles. The molecule has 22 nitrogen and oxygen atoms in total. The lowest BCUT2D eigenvalue weighted by atomic mass is 9.92. The van der Waals surface area contributed by atoms with Gasteiger partial charge in [-0.3, -0.25) is 42.3 Å². The number of carbonyl (C=O) groups excluding carboxylic acids is 4. The van der Waals surface area contributed by atoms with Crippen molar-refractivity contribution in [3.05, 3.63) is 0 Å². The molecule has 7 N–H and O–H groups in total. The van der Waals surface area contributed by atoms with Gasteiger partial charge in [0, 0.05) is 94.5 Å². The molecule has 6 aliphatic rings. The monoisotopic (exact) mass is 1420 g/mol. The number of ether oxygens (including phenoxy) is 9. The summed E-state index contributed by atoms with van der Waals surface area (Å²) in [5, 5.41) is 50.2. The molecule has 6 rings (SSSR count). The first-order valence-corrected chi connectivity index (χ1v) is 37.7. The molecule has 0 aromatic carbocycles. The van der Waals surface area contributed by atoms with Crippen molar-refractivity contribution in [1.82, 2.24) is 0 Å². The Balaban J connectivity index is 0.00000112. The third kappa shape index (κ3) is 31.2. The summed E-state index contributed by atoms with van der Waals surface area (Å²) in [6.07, 6.45) is 6.58. The molecule has 90 heavy (non-hydrogen) atoms. The molecule has 0 spiro atoms. The number of carbonyl (C=O) groups is 4. The molecule has 0 saturated carbocycles. The maximum atomic E-state index is 11.1. The lowest BCUT2D eigenvalue weighted by molar-refractivity contribution is -0.151. The van der Waals surface area contributed by atoms with Gasteiger partial charge in [0.2, 0.25) is 1.43 Å². The molecular weight excluding hydrogens is 1290 g/mol. The summed E-state index contributed by atoms with van der Waals surface area (Å²) in [6.45, 7) is 23.2. The Morgan fingerprint density at radius 1 is 0.600 bits per heavy atom. The molecule has 0 amide bonds. The second kappa shape index (κ2) is 49.8. The first kappa shape index (κ1) is 78.3. The molecule has 0 bridgehead atoms. The highest BCUT2D eigenvalue weighted by molar-refractivity contribution is 8.13. The highest BCUT2D eigenvalue weighted by atomic mass is 35.5. The lowest BCUT2D eigenvalue weighted by Crippen LogP contribution is -2.31. The number of rotatable bonds is 25. The van der Waals surface area contributed by atoms with Crippen molar-refractivity contribution in [3.63, 3.8) is 0 Å². The van der Waals surface area contributed by atoms with E-state index in [2.05, 4.69) is 31.6 Å². The fourth-order valence-electron chi connectivity index (χ4n) is 12.4. The summed E-state index contributed by atoms with van der Waals surface area (Å²) in [4.78, 5) is 52.8. The van der Waals surface area contributed by atoms with Crippen LogP contribution < -0.4 is 0 Å². The van der Waals surface area contributed by atoms with Crippen molar-refractivity contribution in [2.24, 2.45) is 35.5 Å². The molecular formula is C62H121ClO22PS4+. The minimum Gasteiger partial charge on any atom is -0.459 e. The van der Waals surface area contributed by atoms with E-state index in [0.717, 1.165) is 44.3 Å². The highest BCUT2D eigenvalue weighted by Gasteiger charge is 2.48. The molecule has 0 radical (unpaired) electrons. The van der Waals surface area contributed by atoms with Crippen LogP contribution in [-0.2, 0) is 70.9 Å². The van der Waals surface area contributed by atoms with Gasteiger partial charge in [-0.05, 0) is 136 Å². The summed E-state index contributed by atoms with van der Waals surface area (Å²) in [5.74, 6) is 2.40. The minimum atomic E-state index is -2.73. The average Bonchev–Trinajstić information content (AvgIpc) is 1.72. The minimum absolute atomic E-state index is 0.0140. The van der Waals surface area contributed by atoms with E-state index in [1.165, 1.54) is 39.6 Å². The van der Waals surface area contributed by atoms with Crippen molar-refractivity contribution < 1.29 is 108 Å². The zero-order valence-corrected chi connectivity index (χ0v) is 61.3. The van der Waals surface area contributed by atoms with Gasteiger partial charge in [0.1, 0.15) is 24.4 Å². The first-order valence-electron chi connectivity index (χ1n) is 34.3. The van der Waals surface area contributed by atoms with Crippen LogP contribution in [0.1, 0.15) is 156 Å². The van der Waals surface area contributed by atoms with Crippen LogP contribution in [0.5, 0.6) is 0 Å². The van der Waals surface area contributed by atoms with E-state index in [9.17, 15) is 39.1 Å². The van der Waals surface area contributed by atoms with E-state index in [1.807, 2.05) is 34.6 Å². The number of aliphatic hydroxyl groups excluding tert-OH is 6. The van der Waals surface area contributed by atoms with Gasteiger partial charge in [-0.15, -0.1) is 21.0 Å². The van der Waals surface area contributed by atoms with E-state index in [0.29, 0.717) is 42.4 Å². The van der Waals surface area contributed by atoms with Gasteiger partial charge in [-0.25, -0.2) is 0 Å². The predicted octanol–water partition coefficient (Wildman–Crippen LogP) is 7.17. The molecule has 6 fully saturated rings. The average molecular weight is 1420 g/mol. The number of aliphatic hydroxyl groups is 6. The van der Waals surface area contributed by atoms with Crippen molar-refractivity contribution in [2.45, 2.75) is 265 Å². The quantitative estimate of drug-likeness (QED) is 0.0148. The topological polar surface area (TPSA) is 319 Å². The SMILES string of the molecule is CC[C@H]1O[C@@H](C)[C@@H](OC(C)=O)C1CCCl.CC[C@H]1O[C@@H](C)[C@@H](OC(C)=O)C1CCO.CC[C@H]1O[C@@H](C)[C@@H](OC(C)=O)C1CCSC(C)=O.C[C@@H]1O[C@H](CO)C(CCS)[C@@H]1O.[2H]C[C@H]1O[C@@H](C)[C@@H](O)C1CCS([2H])([3H])C.[2H]S([3H])(C)CCC1[C@@H](CO)O[C@@H](C)[C@H]1O[P+](=O)O.[3H]OC. The van der Waals surface area contributed by atoms with Crippen molar-refractivity contribution in [3.8, 4) is 0 Å². The fourth-order valence-corrected chi connectivity index (χ4v) is 15.2. The number of alkyl halides is 1. The molecule has 0 aliphatic carbocycles. The Labute approximate surface area is 569 Å². The zero-order valence-electron chi connectivity index (χ0n) is 62.3. The van der Waals surface area contributed by atoms with E-state index in [4.69, 9.17) is 81.2 Å². The number of hydrogen-bond donors (Lipinski definition) is 8. The first-order chi connectivity index (χ1) is 44.8. The maximum Gasteiger partial charge on any atom is 0.695 e. The van der Waals surface area contributed by atoms with E-state index >= 15 is 0 Å². The zero-order chi connectivity index (χ0) is 74.0. The standard InChI is InChI=1S/C13H22O4S.C11H19ClO3.C11H20O4.C9H19O5PS.C9H20O2S.C8H16O3S.CH4O/c1-5-12-11(6-7-18-10(4)15)13(8(2)16-12)17-9(3)14;2*1-4-10-9(5-6-12)11(7(2)14-10)15-8(3)13;1-6-9(14-15(11)12)7(3-4-16-2)8(5-10)13-6;1-6-8(4-5-12-3)9(10)7(2)11-6;1-5-8(10)6(2-3-12)7(4-9)11-5;1-2/h8,11-13H,5-7H2,1-4H3;7,9-11H,4-6H2,1-3H3;7,9-12H,4-6H2,1-3H3;6-10H,3-5,16H2,1-2H3;6-10H,4-5,12H2,1-3H3;5-10,12H,2-4H2,1H3;2H,1H3/p+1/t8-,11?,12+,13+;2*7-,9?,10+,11+;6-,7?,8+,9+;6-,7+,8?,9-;5-,6?,7+,8+;/m000010./s1/i;;;16TD;1D,12TD;;2T. The Morgan fingerprint density at radius 3 is 1.33 bits per heavy atom. The van der Waals surface area contributed by atoms with Crippen molar-refractivity contribution in [2.75, 3.05) is 68.3 Å². The summed E-state index contributed by atoms with van der Waals surface area (Å²) in [5.41, 5.74) is 0. The predicted molar refractivity (Wildman–Crippen MR) is 364 cm³/mol. The normalized spacial score (nSPS) is 38.7. The molecule has 6 saturated heterocycles. The van der Waals surface area contributed by atoms with Crippen LogP contribution in [-0.4, -0.2) is 243 Å². The number of thioether (sulfide) groups is 1. The maximum absolute atomic E-state index is 11.1. The summed E-state index contributed by atoms with van der Waals surface area (Å²) in [6, 6.07) is 0. The Kier molecular flexibility index (Phi) is 43.3. The van der Waals surface area contributed by atoms with Gasteiger partial charge in [-0.2, -0.15) is 12.6 Å². The summed E-state index contributed by atoms with van der Waals surface area (Å²) in [7, 11) is -1.43. The molecule has 6 heterocycles. The second-order valence-electron chi connectivity index (χ2n) is 23.1. The van der Waals surface area contributed by atoms with Crippen molar-refractivity contribution >= 4 is 90.4 Å². The number of hydrogen-bond acceptors (Lipinski definition) is 23. The van der Waals surface area contributed by atoms with E-state index < -0.39 is 55.8 Å². The largest absolute Gasteiger partial charge is 0.695 e. The summed E-state index contributed by atoms with van der Waals surface area (Å²) >= 11 is 7.02. The van der Waals surface area contributed by atoms with Crippen LogP contribution in [0, 0.1) is 35.5 Å². The molecule has 536 valence electrons. The van der Waals surface area contributed by atoms with Crippen LogP contribution in [0.15, 0.2) is 0 Å². The Hall–Kier alpha value is -0.690. The Morgan fingerprint density at radius 2 is 0.967 bits per heavy atom. The molecule has 27 atom stereocenters. The Bertz CT molecular complexity index is 2120. The molecule has 9 unspecified atom stereocenters. The third-order valence-corrected chi connectivity index (χ3v) is 19.7. The van der Waals surface area contributed by atoms with Gasteiger partial charge < -0.3 is 73.3 Å². The van der Waals surface area contributed by atoms with Crippen molar-refractivity contribution in [1.29, 1.82) is 5.93 Å². The van der Waals surface area contributed by atoms with Crippen LogP contribution in [0.2, 0.25) is 0 Å². The smallest absolute Gasteiger partial charge is 0.459 e. The van der Waals surface area contributed by atoms with E-state index in [-0.39, 0.29) is 171 Å². The molecule has 28 heteroatoms. The van der Waals surface area contributed by atoms with Crippen LogP contribution in [0.4, 0.5) is 0 Å². The van der Waals surface area contributed by atoms with Gasteiger partial charge in [0.05, 0.1) is 103 Å². The number of halogens is 1. The molecule has 0 aromatic rings. The third-order valence-electron chi connectivity index (χ3n) is 16.7. The van der Waals surface area contributed by atoms with Crippen LogP contribution >= 0.6 is 67.4 Å². The number of thiol groups is 1. The van der Waals surface area contributed by atoms with Crippen LogP contribution in [0.25, 0.3) is 0 Å². The van der Waals surface area contributed by atoms with Gasteiger partial charge in [0.25, 0.3) is 0 Å².